The van der Waals surface area contributed by atoms with E-state index in [1.165, 1.54) is 4.90 Å². The maximum Gasteiger partial charge on any atom is 0.410 e. The molecular formula is C14H24N2O5. The van der Waals surface area contributed by atoms with Crippen molar-refractivity contribution in [2.75, 3.05) is 19.7 Å². The second kappa shape index (κ2) is 6.32. The second-order valence-corrected chi connectivity index (χ2v) is 6.30. The van der Waals surface area contributed by atoms with Crippen molar-refractivity contribution in [1.82, 2.24) is 4.90 Å². The summed E-state index contributed by atoms with van der Waals surface area (Å²) in [7, 11) is 0. The molecule has 1 aliphatic rings. The lowest BCUT2D eigenvalue weighted by Crippen LogP contribution is -2.63. The summed E-state index contributed by atoms with van der Waals surface area (Å²) in [5, 5.41) is 0. The van der Waals surface area contributed by atoms with Gasteiger partial charge in [-0.1, -0.05) is 0 Å². The maximum atomic E-state index is 12.1. The molecule has 1 saturated heterocycles. The molecule has 0 saturated carbocycles. The molecule has 0 spiro atoms. The van der Waals surface area contributed by atoms with E-state index in [-0.39, 0.29) is 32.5 Å². The minimum atomic E-state index is -0.845. The molecule has 1 heterocycles. The van der Waals surface area contributed by atoms with Crippen molar-refractivity contribution < 1.29 is 23.9 Å². The number of primary amides is 1. The third kappa shape index (κ3) is 4.61. The fraction of sp³-hybridized carbons (Fsp3) is 0.786. The summed E-state index contributed by atoms with van der Waals surface area (Å²) >= 11 is 0. The predicted octanol–water partition coefficient (Wildman–Crippen LogP) is 1.05. The average molecular weight is 300 g/mol. The van der Waals surface area contributed by atoms with Crippen LogP contribution in [-0.2, 0) is 19.1 Å². The Morgan fingerprint density at radius 3 is 2.24 bits per heavy atom. The van der Waals surface area contributed by atoms with Crippen LogP contribution in [0.4, 0.5) is 4.79 Å². The first-order valence-corrected chi connectivity index (χ1v) is 7.03. The van der Waals surface area contributed by atoms with Crippen molar-refractivity contribution in [2.24, 2.45) is 11.1 Å². The summed E-state index contributed by atoms with van der Waals surface area (Å²) in [5.74, 6) is -0.875. The number of amides is 2. The Balaban J connectivity index is 2.66. The topological polar surface area (TPSA) is 98.9 Å². The van der Waals surface area contributed by atoms with Gasteiger partial charge < -0.3 is 20.1 Å². The van der Waals surface area contributed by atoms with E-state index in [9.17, 15) is 14.4 Å². The zero-order valence-electron chi connectivity index (χ0n) is 13.1. The summed E-state index contributed by atoms with van der Waals surface area (Å²) in [6.07, 6.45) is -0.108. The molecule has 0 aliphatic carbocycles. The summed E-state index contributed by atoms with van der Waals surface area (Å²) in [6, 6.07) is 0. The fourth-order valence-corrected chi connectivity index (χ4v) is 2.18. The average Bonchev–Trinajstić information content (AvgIpc) is 2.24. The lowest BCUT2D eigenvalue weighted by Gasteiger charge is -2.47. The number of nitrogens with two attached hydrogens (primary N) is 1. The molecule has 120 valence electrons. The molecule has 7 heteroatoms. The molecule has 7 nitrogen and oxygen atoms in total. The van der Waals surface area contributed by atoms with E-state index in [0.717, 1.165) is 0 Å². The number of rotatable bonds is 5. The summed E-state index contributed by atoms with van der Waals surface area (Å²) < 4.78 is 10.3. The van der Waals surface area contributed by atoms with Gasteiger partial charge >= 0.3 is 12.1 Å². The second-order valence-electron chi connectivity index (χ2n) is 6.30. The van der Waals surface area contributed by atoms with Gasteiger partial charge in [0.25, 0.3) is 0 Å². The van der Waals surface area contributed by atoms with Gasteiger partial charge in [-0.05, 0) is 34.1 Å². The van der Waals surface area contributed by atoms with Gasteiger partial charge in [-0.2, -0.15) is 0 Å². The van der Waals surface area contributed by atoms with E-state index in [4.69, 9.17) is 15.2 Å². The molecule has 1 rings (SSSR count). The van der Waals surface area contributed by atoms with Gasteiger partial charge in [0.1, 0.15) is 11.0 Å². The van der Waals surface area contributed by atoms with E-state index >= 15 is 0 Å². The molecule has 0 bridgehead atoms. The summed E-state index contributed by atoms with van der Waals surface area (Å²) in [6.45, 7) is 7.67. The summed E-state index contributed by atoms with van der Waals surface area (Å²) in [4.78, 5) is 36.3. The third-order valence-electron chi connectivity index (χ3n) is 3.20. The van der Waals surface area contributed by atoms with E-state index in [1.807, 2.05) is 0 Å². The molecule has 0 aromatic heterocycles. The molecular weight excluding hydrogens is 276 g/mol. The Kier molecular flexibility index (Phi) is 5.20. The number of esters is 1. The van der Waals surface area contributed by atoms with Gasteiger partial charge in [0.15, 0.2) is 0 Å². The van der Waals surface area contributed by atoms with Gasteiger partial charge in [-0.3, -0.25) is 9.59 Å². The normalized spacial score (nSPS) is 16.9. The molecule has 0 aromatic rings. The van der Waals surface area contributed by atoms with Crippen LogP contribution in [0.5, 0.6) is 0 Å². The molecule has 0 unspecified atom stereocenters. The number of hydrogen-bond donors (Lipinski definition) is 1. The fourth-order valence-electron chi connectivity index (χ4n) is 2.18. The van der Waals surface area contributed by atoms with Crippen molar-refractivity contribution in [2.45, 2.75) is 46.1 Å². The third-order valence-corrected chi connectivity index (χ3v) is 3.20. The minimum Gasteiger partial charge on any atom is -0.465 e. The van der Waals surface area contributed by atoms with Crippen LogP contribution in [0.1, 0.15) is 40.5 Å². The van der Waals surface area contributed by atoms with Crippen LogP contribution in [0, 0.1) is 5.41 Å². The van der Waals surface area contributed by atoms with Crippen molar-refractivity contribution in [1.29, 1.82) is 0 Å². The predicted molar refractivity (Wildman–Crippen MR) is 75.3 cm³/mol. The highest BCUT2D eigenvalue weighted by molar-refractivity contribution is 5.83. The first kappa shape index (κ1) is 17.3. The van der Waals surface area contributed by atoms with Crippen LogP contribution < -0.4 is 5.73 Å². The van der Waals surface area contributed by atoms with E-state index in [0.29, 0.717) is 0 Å². The van der Waals surface area contributed by atoms with Gasteiger partial charge in [-0.15, -0.1) is 0 Å². The molecule has 2 N–H and O–H groups in total. The van der Waals surface area contributed by atoms with Gasteiger partial charge in [0.2, 0.25) is 5.91 Å². The Labute approximate surface area is 124 Å². The Hall–Kier alpha value is -1.79. The van der Waals surface area contributed by atoms with Crippen LogP contribution in [0.25, 0.3) is 0 Å². The van der Waals surface area contributed by atoms with Gasteiger partial charge in [-0.25, -0.2) is 4.79 Å². The Bertz CT molecular complexity index is 422. The quantitative estimate of drug-likeness (QED) is 0.765. The van der Waals surface area contributed by atoms with E-state index in [2.05, 4.69) is 0 Å². The van der Waals surface area contributed by atoms with Crippen molar-refractivity contribution in [3.8, 4) is 0 Å². The van der Waals surface area contributed by atoms with Crippen LogP contribution in [0.3, 0.4) is 0 Å². The van der Waals surface area contributed by atoms with Gasteiger partial charge in [0, 0.05) is 19.5 Å². The minimum absolute atomic E-state index is 0.0843. The number of ether oxygens (including phenoxy) is 2. The standard InChI is InChI=1S/C14H24N2O5/c1-5-20-11(18)14(7-6-10(15)17)8-16(9-14)12(19)21-13(2,3)4/h5-9H2,1-4H3,(H2,15,17). The molecule has 1 aliphatic heterocycles. The zero-order chi connectivity index (χ0) is 16.3. The van der Waals surface area contributed by atoms with Crippen LogP contribution in [-0.4, -0.2) is 48.2 Å². The van der Waals surface area contributed by atoms with Crippen molar-refractivity contribution >= 4 is 18.0 Å². The largest absolute Gasteiger partial charge is 0.465 e. The van der Waals surface area contributed by atoms with Crippen LogP contribution in [0.15, 0.2) is 0 Å². The monoisotopic (exact) mass is 300 g/mol. The smallest absolute Gasteiger partial charge is 0.410 e. The van der Waals surface area contributed by atoms with E-state index < -0.39 is 29.0 Å². The molecule has 2 amide bonds. The lowest BCUT2D eigenvalue weighted by atomic mass is 9.76. The first-order chi connectivity index (χ1) is 9.59. The molecule has 21 heavy (non-hydrogen) atoms. The van der Waals surface area contributed by atoms with Crippen molar-refractivity contribution in [3.63, 3.8) is 0 Å². The highest BCUT2D eigenvalue weighted by Gasteiger charge is 2.52. The molecule has 1 fully saturated rings. The zero-order valence-corrected chi connectivity index (χ0v) is 13.1. The number of likely N-dealkylation sites (tertiary alicyclic amines) is 1. The number of nitrogens with zero attached hydrogens (tertiary/aromatic N) is 1. The van der Waals surface area contributed by atoms with Crippen molar-refractivity contribution in [3.05, 3.63) is 0 Å². The number of carbonyl (C=O) groups excluding carboxylic acids is 3. The van der Waals surface area contributed by atoms with E-state index in [1.54, 1.807) is 27.7 Å². The van der Waals surface area contributed by atoms with Gasteiger partial charge in [0.05, 0.1) is 6.61 Å². The lowest BCUT2D eigenvalue weighted by molar-refractivity contribution is -0.166. The number of hydrogen-bond acceptors (Lipinski definition) is 5. The first-order valence-electron chi connectivity index (χ1n) is 7.03. The highest BCUT2D eigenvalue weighted by Crippen LogP contribution is 2.37. The van der Waals surface area contributed by atoms with Crippen LogP contribution in [0.2, 0.25) is 0 Å². The molecule has 0 aromatic carbocycles. The summed E-state index contributed by atoms with van der Waals surface area (Å²) in [5.41, 5.74) is 3.70. The Morgan fingerprint density at radius 2 is 1.81 bits per heavy atom. The molecule has 0 atom stereocenters. The molecule has 0 radical (unpaired) electrons. The number of carbonyl (C=O) groups is 3. The van der Waals surface area contributed by atoms with Crippen LogP contribution >= 0.6 is 0 Å². The highest BCUT2D eigenvalue weighted by atomic mass is 16.6. The maximum absolute atomic E-state index is 12.1. The Morgan fingerprint density at radius 1 is 1.24 bits per heavy atom. The SMILES string of the molecule is CCOC(=O)C1(CCC(N)=O)CN(C(=O)OC(C)(C)C)C1.